The van der Waals surface area contributed by atoms with Crippen LogP contribution in [0, 0.1) is 0 Å². The van der Waals surface area contributed by atoms with Crippen molar-refractivity contribution in [1.82, 2.24) is 5.32 Å². The number of nitrogens with zero attached hydrogens (tertiary/aromatic N) is 1. The quantitative estimate of drug-likeness (QED) is 0.894. The molecular formula is C18H29N3. The zero-order valence-corrected chi connectivity index (χ0v) is 13.3. The third kappa shape index (κ3) is 3.41. The summed E-state index contributed by atoms with van der Waals surface area (Å²) in [5.74, 6) is 0. The van der Waals surface area contributed by atoms with E-state index < -0.39 is 0 Å². The molecule has 3 rings (SSSR count). The van der Waals surface area contributed by atoms with Gasteiger partial charge in [-0.1, -0.05) is 31.4 Å². The average molecular weight is 287 g/mol. The van der Waals surface area contributed by atoms with Crippen LogP contribution in [0.4, 0.5) is 5.69 Å². The summed E-state index contributed by atoms with van der Waals surface area (Å²) in [6, 6.07) is 7.91. The van der Waals surface area contributed by atoms with Gasteiger partial charge in [-0.05, 0) is 42.9 Å². The maximum absolute atomic E-state index is 6.05. The van der Waals surface area contributed by atoms with Crippen LogP contribution in [-0.2, 0) is 6.42 Å². The minimum Gasteiger partial charge on any atom is -0.374 e. The topological polar surface area (TPSA) is 41.3 Å². The largest absolute Gasteiger partial charge is 0.374 e. The van der Waals surface area contributed by atoms with Crippen molar-refractivity contribution in [2.75, 3.05) is 25.0 Å². The van der Waals surface area contributed by atoms with E-state index in [0.29, 0.717) is 18.6 Å². The van der Waals surface area contributed by atoms with E-state index in [4.69, 9.17) is 5.73 Å². The first-order valence-corrected chi connectivity index (χ1v) is 8.58. The van der Waals surface area contributed by atoms with Crippen molar-refractivity contribution >= 4 is 5.69 Å². The monoisotopic (exact) mass is 287 g/mol. The lowest BCUT2D eigenvalue weighted by Gasteiger charge is -2.31. The van der Waals surface area contributed by atoms with E-state index in [-0.39, 0.29) is 0 Å². The zero-order valence-electron chi connectivity index (χ0n) is 13.3. The summed E-state index contributed by atoms with van der Waals surface area (Å²) in [5, 5.41) is 3.80. The Bertz CT molecular complexity index is 466. The summed E-state index contributed by atoms with van der Waals surface area (Å²) in [6.07, 6.45) is 9.21. The number of benzene rings is 1. The highest BCUT2D eigenvalue weighted by molar-refractivity contribution is 5.56. The van der Waals surface area contributed by atoms with Gasteiger partial charge in [0.05, 0.1) is 0 Å². The molecule has 0 amide bonds. The fraction of sp³-hybridized carbons (Fsp3) is 0.667. The first kappa shape index (κ1) is 14.9. The predicted molar refractivity (Wildman–Crippen MR) is 89.8 cm³/mol. The molecule has 1 aromatic carbocycles. The predicted octanol–water partition coefficient (Wildman–Crippen LogP) is 2.99. The average Bonchev–Trinajstić information content (AvgIpc) is 2.53. The van der Waals surface area contributed by atoms with Crippen LogP contribution in [0.2, 0.25) is 0 Å². The van der Waals surface area contributed by atoms with Crippen LogP contribution in [0.5, 0.6) is 0 Å². The van der Waals surface area contributed by atoms with Gasteiger partial charge in [-0.2, -0.15) is 0 Å². The lowest BCUT2D eigenvalue weighted by molar-refractivity contribution is 0.340. The molecule has 21 heavy (non-hydrogen) atoms. The second-order valence-corrected chi connectivity index (χ2v) is 6.70. The Morgan fingerprint density at radius 2 is 2.05 bits per heavy atom. The van der Waals surface area contributed by atoms with Crippen molar-refractivity contribution in [2.24, 2.45) is 5.73 Å². The van der Waals surface area contributed by atoms with Gasteiger partial charge in [0.15, 0.2) is 0 Å². The number of hydrogen-bond donors (Lipinski definition) is 2. The van der Waals surface area contributed by atoms with Crippen LogP contribution in [0.15, 0.2) is 18.2 Å². The molecule has 0 saturated heterocycles. The molecule has 116 valence electrons. The number of nitrogens with one attached hydrogen (secondary N) is 1. The molecule has 0 spiro atoms. The maximum Gasteiger partial charge on any atom is 0.0446 e. The molecule has 0 radical (unpaired) electrons. The smallest absolute Gasteiger partial charge is 0.0446 e. The minimum absolute atomic E-state index is 0.311. The van der Waals surface area contributed by atoms with Crippen LogP contribution in [0.1, 0.15) is 55.7 Å². The lowest BCUT2D eigenvalue weighted by atomic mass is 9.92. The van der Waals surface area contributed by atoms with Crippen LogP contribution < -0.4 is 16.0 Å². The molecule has 1 fully saturated rings. The van der Waals surface area contributed by atoms with E-state index in [9.17, 15) is 0 Å². The third-order valence-corrected chi connectivity index (χ3v) is 5.13. The van der Waals surface area contributed by atoms with Crippen LogP contribution >= 0.6 is 0 Å². The van der Waals surface area contributed by atoms with E-state index >= 15 is 0 Å². The highest BCUT2D eigenvalue weighted by Gasteiger charge is 2.20. The SMILES string of the molecule is CN1CCCc2cc(C(CN)NC3CCCCC3)ccc21. The van der Waals surface area contributed by atoms with E-state index in [0.717, 1.165) is 0 Å². The van der Waals surface area contributed by atoms with E-state index in [1.165, 1.54) is 68.3 Å². The Balaban J connectivity index is 1.74. The van der Waals surface area contributed by atoms with Crippen molar-refractivity contribution in [1.29, 1.82) is 0 Å². The van der Waals surface area contributed by atoms with Crippen molar-refractivity contribution in [3.05, 3.63) is 29.3 Å². The standard InChI is InChI=1S/C18H29N3/c1-21-11-5-6-15-12-14(9-10-18(15)21)17(13-19)20-16-7-3-2-4-8-16/h9-10,12,16-17,20H,2-8,11,13,19H2,1H3. The van der Waals surface area contributed by atoms with Crippen LogP contribution in [0.25, 0.3) is 0 Å². The van der Waals surface area contributed by atoms with E-state index in [1.54, 1.807) is 0 Å². The summed E-state index contributed by atoms with van der Waals surface area (Å²) in [7, 11) is 2.19. The molecule has 3 N–H and O–H groups in total. The Morgan fingerprint density at radius 3 is 2.81 bits per heavy atom. The summed E-state index contributed by atoms with van der Waals surface area (Å²) >= 11 is 0. The van der Waals surface area contributed by atoms with E-state index in [2.05, 4.69) is 35.5 Å². The van der Waals surface area contributed by atoms with Gasteiger partial charge in [-0.25, -0.2) is 0 Å². The summed E-state index contributed by atoms with van der Waals surface area (Å²) in [4.78, 5) is 2.37. The van der Waals surface area contributed by atoms with Gasteiger partial charge in [0.1, 0.15) is 0 Å². The molecule has 1 atom stereocenters. The number of nitrogens with two attached hydrogens (primary N) is 1. The summed E-state index contributed by atoms with van der Waals surface area (Å²) < 4.78 is 0. The molecule has 2 aliphatic rings. The van der Waals surface area contributed by atoms with Crippen LogP contribution in [0.3, 0.4) is 0 Å². The Morgan fingerprint density at radius 1 is 1.24 bits per heavy atom. The Hall–Kier alpha value is -1.06. The molecule has 0 bridgehead atoms. The molecule has 3 heteroatoms. The van der Waals surface area contributed by atoms with Crippen molar-refractivity contribution in [3.8, 4) is 0 Å². The first-order valence-electron chi connectivity index (χ1n) is 8.58. The molecule has 1 aliphatic heterocycles. The van der Waals surface area contributed by atoms with Crippen molar-refractivity contribution < 1.29 is 0 Å². The van der Waals surface area contributed by atoms with Gasteiger partial charge in [0.2, 0.25) is 0 Å². The van der Waals surface area contributed by atoms with Gasteiger partial charge in [-0.3, -0.25) is 0 Å². The highest BCUT2D eigenvalue weighted by atomic mass is 15.1. The Labute approximate surface area is 128 Å². The van der Waals surface area contributed by atoms with Crippen molar-refractivity contribution in [2.45, 2.75) is 57.0 Å². The number of hydrogen-bond acceptors (Lipinski definition) is 3. The summed E-state index contributed by atoms with van der Waals surface area (Å²) in [5.41, 5.74) is 10.3. The highest BCUT2D eigenvalue weighted by Crippen LogP contribution is 2.29. The number of anilines is 1. The fourth-order valence-corrected chi connectivity index (χ4v) is 3.88. The second-order valence-electron chi connectivity index (χ2n) is 6.70. The molecular weight excluding hydrogens is 258 g/mol. The van der Waals surface area contributed by atoms with E-state index in [1.807, 2.05) is 0 Å². The first-order chi connectivity index (χ1) is 10.3. The van der Waals surface area contributed by atoms with Gasteiger partial charge >= 0.3 is 0 Å². The second kappa shape index (κ2) is 6.80. The zero-order chi connectivity index (χ0) is 14.7. The van der Waals surface area contributed by atoms with Gasteiger partial charge < -0.3 is 16.0 Å². The molecule has 3 nitrogen and oxygen atoms in total. The summed E-state index contributed by atoms with van der Waals surface area (Å²) in [6.45, 7) is 1.86. The minimum atomic E-state index is 0.311. The number of fused-ring (bicyclic) bond motifs is 1. The molecule has 1 unspecified atom stereocenters. The van der Waals surface area contributed by atoms with Crippen LogP contribution in [-0.4, -0.2) is 26.2 Å². The third-order valence-electron chi connectivity index (χ3n) is 5.13. The number of aryl methyl sites for hydroxylation is 1. The number of rotatable bonds is 4. The molecule has 1 heterocycles. The van der Waals surface area contributed by atoms with Gasteiger partial charge in [-0.15, -0.1) is 0 Å². The normalized spacial score (nSPS) is 21.1. The van der Waals surface area contributed by atoms with Gasteiger partial charge in [0, 0.05) is 37.9 Å². The Kier molecular flexibility index (Phi) is 4.81. The van der Waals surface area contributed by atoms with Gasteiger partial charge in [0.25, 0.3) is 0 Å². The van der Waals surface area contributed by atoms with Crippen molar-refractivity contribution in [3.63, 3.8) is 0 Å². The molecule has 1 saturated carbocycles. The molecule has 1 aliphatic carbocycles. The molecule has 0 aromatic heterocycles. The molecule has 1 aromatic rings. The lowest BCUT2D eigenvalue weighted by Crippen LogP contribution is -2.38. The maximum atomic E-state index is 6.05. The fourth-order valence-electron chi connectivity index (χ4n) is 3.88.